The summed E-state index contributed by atoms with van der Waals surface area (Å²) in [7, 11) is -2.23. The number of ether oxygens (including phenoxy) is 1. The topological polar surface area (TPSA) is 102 Å². The molecule has 26 heavy (non-hydrogen) atoms. The fourth-order valence-corrected chi connectivity index (χ4v) is 5.32. The first-order valence-electron chi connectivity index (χ1n) is 9.16. The quantitative estimate of drug-likeness (QED) is 0.804. The average molecular weight is 381 g/mol. The molecule has 2 fully saturated rings. The van der Waals surface area contributed by atoms with Crippen molar-refractivity contribution in [2.45, 2.75) is 55.5 Å². The smallest absolute Gasteiger partial charge is 0.251 e. The number of rotatable bonds is 5. The summed E-state index contributed by atoms with van der Waals surface area (Å²) in [6, 6.07) is 4.88. The molecular formula is C18H27N3O4S. The Morgan fingerprint density at radius 3 is 2.46 bits per heavy atom. The van der Waals surface area contributed by atoms with Gasteiger partial charge in [0.2, 0.25) is 10.0 Å². The Morgan fingerprint density at radius 1 is 1.19 bits per heavy atom. The summed E-state index contributed by atoms with van der Waals surface area (Å²) in [5.74, 6) is 0.00286. The van der Waals surface area contributed by atoms with Crippen LogP contribution in [-0.2, 0) is 10.0 Å². The summed E-state index contributed by atoms with van der Waals surface area (Å²) in [6.45, 7) is 1.01. The van der Waals surface area contributed by atoms with E-state index in [0.29, 0.717) is 18.7 Å². The van der Waals surface area contributed by atoms with E-state index in [0.717, 1.165) is 38.5 Å². The van der Waals surface area contributed by atoms with Crippen LogP contribution in [0.15, 0.2) is 23.1 Å². The molecule has 8 heteroatoms. The number of nitrogens with two attached hydrogens (primary N) is 1. The second-order valence-corrected chi connectivity index (χ2v) is 8.97. The lowest BCUT2D eigenvalue weighted by atomic mass is 9.91. The molecule has 0 atom stereocenters. The van der Waals surface area contributed by atoms with Gasteiger partial charge in [-0.1, -0.05) is 0 Å². The third-order valence-corrected chi connectivity index (χ3v) is 7.14. The van der Waals surface area contributed by atoms with Crippen LogP contribution in [0.5, 0.6) is 5.75 Å². The van der Waals surface area contributed by atoms with Gasteiger partial charge < -0.3 is 15.8 Å². The van der Waals surface area contributed by atoms with E-state index in [1.54, 1.807) is 12.1 Å². The predicted molar refractivity (Wildman–Crippen MR) is 98.7 cm³/mol. The van der Waals surface area contributed by atoms with Crippen molar-refractivity contribution >= 4 is 15.9 Å². The molecule has 0 aromatic heterocycles. The highest BCUT2D eigenvalue weighted by atomic mass is 32.2. The Morgan fingerprint density at radius 2 is 1.85 bits per heavy atom. The summed E-state index contributed by atoms with van der Waals surface area (Å²) in [5, 5.41) is 3.00. The molecule has 0 bridgehead atoms. The molecule has 1 amide bonds. The standard InChI is InChI=1S/C18H27N3O4S/c1-25-16-9-4-13(18(22)20-15-7-5-14(19)6-8-15)12-17(16)26(23,24)21-10-2-3-11-21/h4,9,12,14-15H,2-3,5-8,10-11,19H2,1H3,(H,20,22). The number of amides is 1. The maximum Gasteiger partial charge on any atom is 0.251 e. The molecule has 0 radical (unpaired) electrons. The van der Waals surface area contributed by atoms with Crippen molar-refractivity contribution in [3.05, 3.63) is 23.8 Å². The number of nitrogens with zero attached hydrogens (tertiary/aromatic N) is 1. The van der Waals surface area contributed by atoms with Crippen LogP contribution in [0.25, 0.3) is 0 Å². The summed E-state index contributed by atoms with van der Waals surface area (Å²) in [4.78, 5) is 12.7. The zero-order valence-corrected chi connectivity index (χ0v) is 15.9. The van der Waals surface area contributed by atoms with E-state index in [2.05, 4.69) is 5.32 Å². The SMILES string of the molecule is COc1ccc(C(=O)NC2CCC(N)CC2)cc1S(=O)(=O)N1CCCC1. The maximum absolute atomic E-state index is 12.9. The summed E-state index contributed by atoms with van der Waals surface area (Å²) in [5.41, 5.74) is 6.23. The Balaban J connectivity index is 1.81. The van der Waals surface area contributed by atoms with Crippen molar-refractivity contribution in [1.29, 1.82) is 0 Å². The third-order valence-electron chi connectivity index (χ3n) is 5.22. The molecule has 1 aromatic rings. The number of carbonyl (C=O) groups excluding carboxylic acids is 1. The molecule has 3 rings (SSSR count). The van der Waals surface area contributed by atoms with Crippen LogP contribution in [0.1, 0.15) is 48.9 Å². The molecule has 1 saturated heterocycles. The van der Waals surface area contributed by atoms with Crippen LogP contribution in [0.3, 0.4) is 0 Å². The van der Waals surface area contributed by atoms with Gasteiger partial charge in [-0.2, -0.15) is 4.31 Å². The summed E-state index contributed by atoms with van der Waals surface area (Å²) in [6.07, 6.45) is 5.19. The number of methoxy groups -OCH3 is 1. The van der Waals surface area contributed by atoms with Gasteiger partial charge in [0.05, 0.1) is 7.11 Å². The van der Waals surface area contributed by atoms with Gasteiger partial charge in [0, 0.05) is 30.7 Å². The largest absolute Gasteiger partial charge is 0.495 e. The lowest BCUT2D eigenvalue weighted by molar-refractivity contribution is 0.0925. The normalized spacial score (nSPS) is 24.4. The molecule has 1 aliphatic heterocycles. The minimum atomic E-state index is -3.67. The molecule has 144 valence electrons. The van der Waals surface area contributed by atoms with Gasteiger partial charge in [-0.05, 0) is 56.7 Å². The highest BCUT2D eigenvalue weighted by molar-refractivity contribution is 7.89. The molecule has 2 aliphatic rings. The Labute approximate surface area is 154 Å². The predicted octanol–water partition coefficient (Wildman–Crippen LogP) is 1.48. The number of hydrogen-bond donors (Lipinski definition) is 2. The Hall–Kier alpha value is -1.64. The van der Waals surface area contributed by atoms with Crippen molar-refractivity contribution in [3.63, 3.8) is 0 Å². The van der Waals surface area contributed by atoms with E-state index in [-0.39, 0.29) is 28.6 Å². The van der Waals surface area contributed by atoms with Gasteiger partial charge >= 0.3 is 0 Å². The van der Waals surface area contributed by atoms with E-state index >= 15 is 0 Å². The van der Waals surface area contributed by atoms with Crippen molar-refractivity contribution in [3.8, 4) is 5.75 Å². The van der Waals surface area contributed by atoms with Gasteiger partial charge in [0.1, 0.15) is 10.6 Å². The van der Waals surface area contributed by atoms with Gasteiger partial charge in [-0.15, -0.1) is 0 Å². The monoisotopic (exact) mass is 381 g/mol. The molecule has 1 saturated carbocycles. The number of carbonyl (C=O) groups is 1. The summed E-state index contributed by atoms with van der Waals surface area (Å²) >= 11 is 0. The lowest BCUT2D eigenvalue weighted by Crippen LogP contribution is -2.40. The molecule has 3 N–H and O–H groups in total. The number of hydrogen-bond acceptors (Lipinski definition) is 5. The lowest BCUT2D eigenvalue weighted by Gasteiger charge is -2.27. The van der Waals surface area contributed by atoms with Gasteiger partial charge in [0.15, 0.2) is 0 Å². The zero-order valence-electron chi connectivity index (χ0n) is 15.1. The van der Waals surface area contributed by atoms with Crippen LogP contribution in [0, 0.1) is 0 Å². The van der Waals surface area contributed by atoms with Crippen molar-refractivity contribution in [1.82, 2.24) is 9.62 Å². The fraction of sp³-hybridized carbons (Fsp3) is 0.611. The number of nitrogens with one attached hydrogen (secondary N) is 1. The molecular weight excluding hydrogens is 354 g/mol. The van der Waals surface area contributed by atoms with E-state index < -0.39 is 10.0 Å². The molecule has 1 aromatic carbocycles. The van der Waals surface area contributed by atoms with Crippen molar-refractivity contribution < 1.29 is 17.9 Å². The highest BCUT2D eigenvalue weighted by Gasteiger charge is 2.31. The molecule has 1 heterocycles. The van der Waals surface area contributed by atoms with E-state index in [1.165, 1.54) is 17.5 Å². The Kier molecular flexibility index (Phi) is 5.84. The highest BCUT2D eigenvalue weighted by Crippen LogP contribution is 2.30. The second-order valence-electron chi connectivity index (χ2n) is 7.06. The van der Waals surface area contributed by atoms with Crippen LogP contribution in [0.2, 0.25) is 0 Å². The van der Waals surface area contributed by atoms with E-state index in [1.807, 2.05) is 0 Å². The van der Waals surface area contributed by atoms with Crippen LogP contribution in [0.4, 0.5) is 0 Å². The first-order valence-corrected chi connectivity index (χ1v) is 10.6. The van der Waals surface area contributed by atoms with Crippen molar-refractivity contribution in [2.24, 2.45) is 5.73 Å². The van der Waals surface area contributed by atoms with Crippen molar-refractivity contribution in [2.75, 3.05) is 20.2 Å². The zero-order chi connectivity index (χ0) is 18.7. The van der Waals surface area contributed by atoms with Crippen LogP contribution < -0.4 is 15.8 Å². The molecule has 1 aliphatic carbocycles. The Bertz CT molecular complexity index is 752. The molecule has 0 spiro atoms. The van der Waals surface area contributed by atoms with E-state index in [4.69, 9.17) is 10.5 Å². The first kappa shape index (κ1) is 19.1. The maximum atomic E-state index is 12.9. The van der Waals surface area contributed by atoms with Gasteiger partial charge in [-0.3, -0.25) is 4.79 Å². The van der Waals surface area contributed by atoms with E-state index in [9.17, 15) is 13.2 Å². The fourth-order valence-electron chi connectivity index (χ4n) is 3.62. The summed E-state index contributed by atoms with van der Waals surface area (Å²) < 4.78 is 32.5. The van der Waals surface area contributed by atoms with Crippen LogP contribution in [-0.4, -0.2) is 50.9 Å². The third kappa shape index (κ3) is 4.02. The molecule has 7 nitrogen and oxygen atoms in total. The second kappa shape index (κ2) is 7.94. The van der Waals surface area contributed by atoms with Crippen LogP contribution >= 0.6 is 0 Å². The van der Waals surface area contributed by atoms with Gasteiger partial charge in [0.25, 0.3) is 5.91 Å². The first-order chi connectivity index (χ1) is 12.4. The minimum Gasteiger partial charge on any atom is -0.495 e. The minimum absolute atomic E-state index is 0.0558. The average Bonchev–Trinajstić information content (AvgIpc) is 3.18. The molecule has 0 unspecified atom stereocenters. The number of benzene rings is 1. The number of sulfonamides is 1. The van der Waals surface area contributed by atoms with Gasteiger partial charge in [-0.25, -0.2) is 8.42 Å².